The molecule has 1 aromatic carbocycles. The van der Waals surface area contributed by atoms with E-state index in [1.165, 1.54) is 6.92 Å². The molecule has 2 rings (SSSR count). The average Bonchev–Trinajstić information content (AvgIpc) is 2.40. The topological polar surface area (TPSA) is 80.9 Å². The lowest BCUT2D eigenvalue weighted by Gasteiger charge is -1.97. The smallest absolute Gasteiger partial charge is 0.333 e. The fourth-order valence-corrected chi connectivity index (χ4v) is 1.43. The minimum atomic E-state index is -0.432. The normalized spacial score (nSPS) is 10.6. The fraction of sp³-hybridized carbons (Fsp3) is 0.111. The van der Waals surface area contributed by atoms with Gasteiger partial charge in [-0.3, -0.25) is 4.79 Å². The standard InChI is InChI=1S/C9H9N3O2/c1-5(13)12-8-4-6(10)2-3-7(8)11-9(12)14/h2-4H,10H2,1H3,(H,11,14). The number of H-pyrrole nitrogens is 1. The number of hydrogen-bond donors (Lipinski definition) is 2. The van der Waals surface area contributed by atoms with E-state index in [0.29, 0.717) is 16.7 Å². The predicted molar refractivity (Wildman–Crippen MR) is 53.3 cm³/mol. The molecule has 14 heavy (non-hydrogen) atoms. The van der Waals surface area contributed by atoms with E-state index in [-0.39, 0.29) is 5.91 Å². The highest BCUT2D eigenvalue weighted by Gasteiger charge is 2.09. The maximum Gasteiger partial charge on any atom is 0.333 e. The second kappa shape index (κ2) is 2.73. The zero-order valence-corrected chi connectivity index (χ0v) is 7.57. The molecular weight excluding hydrogens is 182 g/mol. The van der Waals surface area contributed by atoms with Gasteiger partial charge >= 0.3 is 5.69 Å². The van der Waals surface area contributed by atoms with Crippen LogP contribution in [0.3, 0.4) is 0 Å². The molecule has 0 saturated heterocycles. The molecule has 1 aromatic heterocycles. The Bertz CT molecular complexity index is 565. The first kappa shape index (κ1) is 8.55. The first-order chi connectivity index (χ1) is 6.59. The van der Waals surface area contributed by atoms with Crippen molar-refractivity contribution in [1.29, 1.82) is 0 Å². The van der Waals surface area contributed by atoms with Crippen LogP contribution in [0.1, 0.15) is 11.7 Å². The molecule has 0 aliphatic heterocycles. The van der Waals surface area contributed by atoms with E-state index in [2.05, 4.69) is 4.98 Å². The Kier molecular flexibility index (Phi) is 1.67. The largest absolute Gasteiger partial charge is 0.399 e. The van der Waals surface area contributed by atoms with E-state index >= 15 is 0 Å². The van der Waals surface area contributed by atoms with Crippen LogP contribution in [0, 0.1) is 0 Å². The fourth-order valence-electron chi connectivity index (χ4n) is 1.43. The van der Waals surface area contributed by atoms with Crippen LogP contribution in [-0.4, -0.2) is 15.5 Å². The molecule has 0 unspecified atom stereocenters. The van der Waals surface area contributed by atoms with Gasteiger partial charge in [-0.05, 0) is 18.2 Å². The van der Waals surface area contributed by atoms with Crippen molar-refractivity contribution < 1.29 is 4.79 Å². The molecular formula is C9H9N3O2. The maximum absolute atomic E-state index is 11.3. The first-order valence-electron chi connectivity index (χ1n) is 4.11. The van der Waals surface area contributed by atoms with E-state index in [4.69, 9.17) is 5.73 Å². The molecule has 0 aliphatic rings. The molecule has 5 nitrogen and oxygen atoms in total. The number of nitrogens with zero attached hydrogens (tertiary/aromatic N) is 1. The van der Waals surface area contributed by atoms with E-state index in [9.17, 15) is 9.59 Å². The Morgan fingerprint density at radius 2 is 2.21 bits per heavy atom. The predicted octanol–water partition coefficient (Wildman–Crippen LogP) is 0.572. The van der Waals surface area contributed by atoms with Crippen molar-refractivity contribution in [3.8, 4) is 0 Å². The van der Waals surface area contributed by atoms with Crippen molar-refractivity contribution in [2.45, 2.75) is 6.92 Å². The summed E-state index contributed by atoms with van der Waals surface area (Å²) in [4.78, 5) is 25.1. The molecule has 0 saturated carbocycles. The van der Waals surface area contributed by atoms with Gasteiger partial charge in [-0.2, -0.15) is 0 Å². The number of nitrogens with one attached hydrogen (secondary N) is 1. The van der Waals surface area contributed by atoms with Crippen LogP contribution in [0.25, 0.3) is 11.0 Å². The molecule has 0 aliphatic carbocycles. The summed E-state index contributed by atoms with van der Waals surface area (Å²) in [5, 5.41) is 0. The molecule has 72 valence electrons. The summed E-state index contributed by atoms with van der Waals surface area (Å²) in [7, 11) is 0. The van der Waals surface area contributed by atoms with Gasteiger partial charge in [-0.1, -0.05) is 0 Å². The summed E-state index contributed by atoms with van der Waals surface area (Å²) < 4.78 is 1.06. The van der Waals surface area contributed by atoms with Gasteiger partial charge in [0.1, 0.15) is 0 Å². The lowest BCUT2D eigenvalue weighted by molar-refractivity contribution is 0.0937. The Morgan fingerprint density at radius 1 is 1.50 bits per heavy atom. The second-order valence-corrected chi connectivity index (χ2v) is 3.06. The van der Waals surface area contributed by atoms with Crippen molar-refractivity contribution in [3.63, 3.8) is 0 Å². The highest BCUT2D eigenvalue weighted by molar-refractivity contribution is 5.90. The third kappa shape index (κ3) is 1.10. The van der Waals surface area contributed by atoms with E-state index in [1.807, 2.05) is 0 Å². The lowest BCUT2D eigenvalue weighted by Crippen LogP contribution is -2.21. The quantitative estimate of drug-likeness (QED) is 0.597. The highest BCUT2D eigenvalue weighted by atomic mass is 16.2. The summed E-state index contributed by atoms with van der Waals surface area (Å²) in [6.45, 7) is 1.33. The number of nitrogens with two attached hydrogens (primary N) is 1. The van der Waals surface area contributed by atoms with Crippen LogP contribution in [0.4, 0.5) is 5.69 Å². The molecule has 0 amide bonds. The number of aromatic nitrogens is 2. The zero-order chi connectivity index (χ0) is 10.3. The SMILES string of the molecule is CC(=O)n1c(=O)[nH]c2ccc(N)cc21. The summed E-state index contributed by atoms with van der Waals surface area (Å²) in [6.07, 6.45) is 0. The van der Waals surface area contributed by atoms with Gasteiger partial charge in [0.05, 0.1) is 11.0 Å². The third-order valence-electron chi connectivity index (χ3n) is 2.02. The molecule has 2 aromatic rings. The van der Waals surface area contributed by atoms with E-state index < -0.39 is 5.69 Å². The number of nitrogen functional groups attached to an aromatic ring is 1. The molecule has 1 heterocycles. The first-order valence-corrected chi connectivity index (χ1v) is 4.11. The van der Waals surface area contributed by atoms with Crippen LogP contribution in [0.15, 0.2) is 23.0 Å². The highest BCUT2D eigenvalue weighted by Crippen LogP contribution is 2.13. The number of benzene rings is 1. The number of hydrogen-bond acceptors (Lipinski definition) is 3. The van der Waals surface area contributed by atoms with Crippen molar-refractivity contribution in [2.24, 2.45) is 0 Å². The van der Waals surface area contributed by atoms with E-state index in [0.717, 1.165) is 4.57 Å². The molecule has 0 radical (unpaired) electrons. The van der Waals surface area contributed by atoms with Gasteiger partial charge in [0.15, 0.2) is 0 Å². The minimum absolute atomic E-state index is 0.327. The number of carbonyl (C=O) groups excluding carboxylic acids is 1. The summed E-state index contributed by atoms with van der Waals surface area (Å²) in [6, 6.07) is 4.93. The van der Waals surface area contributed by atoms with Gasteiger partial charge in [0, 0.05) is 12.6 Å². The van der Waals surface area contributed by atoms with Gasteiger partial charge < -0.3 is 10.7 Å². The number of fused-ring (bicyclic) bond motifs is 1. The molecule has 0 fully saturated rings. The van der Waals surface area contributed by atoms with Crippen LogP contribution < -0.4 is 11.4 Å². The monoisotopic (exact) mass is 191 g/mol. The van der Waals surface area contributed by atoms with Crippen LogP contribution in [-0.2, 0) is 0 Å². The summed E-state index contributed by atoms with van der Waals surface area (Å²) >= 11 is 0. The van der Waals surface area contributed by atoms with Crippen LogP contribution in [0.5, 0.6) is 0 Å². The molecule has 0 atom stereocenters. The third-order valence-corrected chi connectivity index (χ3v) is 2.02. The number of carbonyl (C=O) groups is 1. The Balaban J connectivity index is 2.93. The van der Waals surface area contributed by atoms with Gasteiger partial charge in [-0.15, -0.1) is 0 Å². The van der Waals surface area contributed by atoms with Gasteiger partial charge in [0.25, 0.3) is 0 Å². The number of anilines is 1. The second-order valence-electron chi connectivity index (χ2n) is 3.06. The zero-order valence-electron chi connectivity index (χ0n) is 7.57. The lowest BCUT2D eigenvalue weighted by atomic mass is 10.3. The van der Waals surface area contributed by atoms with Crippen molar-refractivity contribution in [1.82, 2.24) is 9.55 Å². The summed E-state index contributed by atoms with van der Waals surface area (Å²) in [5.41, 5.74) is 6.78. The van der Waals surface area contributed by atoms with E-state index in [1.54, 1.807) is 18.2 Å². The van der Waals surface area contributed by atoms with Crippen molar-refractivity contribution >= 4 is 22.6 Å². The molecule has 5 heteroatoms. The maximum atomic E-state index is 11.3. The van der Waals surface area contributed by atoms with Gasteiger partial charge in [-0.25, -0.2) is 9.36 Å². The van der Waals surface area contributed by atoms with Crippen LogP contribution >= 0.6 is 0 Å². The Hall–Kier alpha value is -2.04. The number of aromatic amines is 1. The van der Waals surface area contributed by atoms with Crippen LogP contribution in [0.2, 0.25) is 0 Å². The molecule has 3 N–H and O–H groups in total. The number of imidazole rings is 1. The molecule has 0 bridgehead atoms. The molecule has 0 spiro atoms. The number of rotatable bonds is 0. The minimum Gasteiger partial charge on any atom is -0.399 e. The van der Waals surface area contributed by atoms with Crippen molar-refractivity contribution in [3.05, 3.63) is 28.7 Å². The summed E-state index contributed by atoms with van der Waals surface area (Å²) in [5.74, 6) is -0.327. The average molecular weight is 191 g/mol. The van der Waals surface area contributed by atoms with Crippen molar-refractivity contribution in [2.75, 3.05) is 5.73 Å². The Morgan fingerprint density at radius 3 is 2.86 bits per heavy atom. The van der Waals surface area contributed by atoms with Gasteiger partial charge in [0.2, 0.25) is 5.91 Å². The Labute approximate surface area is 79.1 Å².